The van der Waals surface area contributed by atoms with Crippen LogP contribution in [0.1, 0.15) is 129 Å². The molecule has 1 saturated heterocycles. The SMILES string of the molecule is CCCCCCCCCCCCC(=O)NC(COC1OC(CO)C(O)C(O)C1O)C(O)CCCCCCCC. The average molecular weight is 562 g/mol. The molecule has 0 radical (unpaired) electrons. The van der Waals surface area contributed by atoms with Crippen molar-refractivity contribution in [2.24, 2.45) is 0 Å². The van der Waals surface area contributed by atoms with Crippen LogP contribution in [0.25, 0.3) is 0 Å². The summed E-state index contributed by atoms with van der Waals surface area (Å²) in [5, 5.41) is 53.4. The van der Waals surface area contributed by atoms with Crippen molar-refractivity contribution in [3.63, 3.8) is 0 Å². The van der Waals surface area contributed by atoms with E-state index in [2.05, 4.69) is 19.2 Å². The number of aliphatic hydroxyl groups is 5. The second kappa shape index (κ2) is 22.8. The fraction of sp³-hybridized carbons (Fsp3) is 0.967. The zero-order chi connectivity index (χ0) is 28.9. The van der Waals surface area contributed by atoms with Crippen LogP contribution in [0, 0.1) is 0 Å². The summed E-state index contributed by atoms with van der Waals surface area (Å²) in [6.07, 6.45) is 11.4. The number of aliphatic hydroxyl groups excluding tert-OH is 5. The minimum Gasteiger partial charge on any atom is -0.394 e. The van der Waals surface area contributed by atoms with Gasteiger partial charge >= 0.3 is 0 Å². The molecule has 1 aliphatic heterocycles. The molecule has 0 saturated carbocycles. The maximum absolute atomic E-state index is 12.7. The van der Waals surface area contributed by atoms with E-state index in [4.69, 9.17) is 9.47 Å². The highest BCUT2D eigenvalue weighted by Crippen LogP contribution is 2.22. The van der Waals surface area contributed by atoms with Crippen LogP contribution in [-0.4, -0.2) is 87.5 Å². The van der Waals surface area contributed by atoms with Gasteiger partial charge in [-0.25, -0.2) is 0 Å². The third-order valence-electron chi connectivity index (χ3n) is 7.71. The van der Waals surface area contributed by atoms with Crippen LogP contribution in [-0.2, 0) is 14.3 Å². The molecule has 9 nitrogen and oxygen atoms in total. The Morgan fingerprint density at radius 2 is 1.28 bits per heavy atom. The summed E-state index contributed by atoms with van der Waals surface area (Å²) < 4.78 is 11.1. The molecule has 232 valence electrons. The van der Waals surface area contributed by atoms with Gasteiger partial charge in [-0.05, 0) is 12.8 Å². The van der Waals surface area contributed by atoms with E-state index in [0.717, 1.165) is 38.5 Å². The summed E-state index contributed by atoms with van der Waals surface area (Å²) in [5.74, 6) is -0.154. The van der Waals surface area contributed by atoms with Crippen LogP contribution < -0.4 is 5.32 Å². The van der Waals surface area contributed by atoms with E-state index in [1.807, 2.05) is 0 Å². The predicted octanol–water partition coefficient (Wildman–Crippen LogP) is 3.71. The molecule has 7 unspecified atom stereocenters. The Hall–Kier alpha value is -0.810. The standard InChI is InChI=1S/C30H59NO8/c1-3-5-7-9-11-12-13-14-16-18-20-26(34)31-23(24(33)19-17-15-10-8-6-4-2)22-38-30-29(37)28(36)27(35)25(21-32)39-30/h23-25,27-30,32-33,35-37H,3-22H2,1-2H3,(H,31,34). The van der Waals surface area contributed by atoms with Crippen LogP contribution >= 0.6 is 0 Å². The molecule has 1 heterocycles. The zero-order valence-electron chi connectivity index (χ0n) is 24.6. The van der Waals surface area contributed by atoms with Crippen LogP contribution in [0.4, 0.5) is 0 Å². The maximum atomic E-state index is 12.7. The Labute approximate surface area is 236 Å². The third-order valence-corrected chi connectivity index (χ3v) is 7.71. The lowest BCUT2D eigenvalue weighted by atomic mass is 9.99. The number of ether oxygens (including phenoxy) is 2. The molecule has 9 heteroatoms. The lowest BCUT2D eigenvalue weighted by Crippen LogP contribution is -2.60. The zero-order valence-corrected chi connectivity index (χ0v) is 24.6. The number of carbonyl (C=O) groups excluding carboxylic acids is 1. The second-order valence-corrected chi connectivity index (χ2v) is 11.3. The highest BCUT2D eigenvalue weighted by molar-refractivity contribution is 5.76. The minimum atomic E-state index is -1.54. The Kier molecular flexibility index (Phi) is 21.2. The van der Waals surface area contributed by atoms with Gasteiger partial charge in [-0.15, -0.1) is 0 Å². The summed E-state index contributed by atoms with van der Waals surface area (Å²) in [6, 6.07) is -0.705. The van der Waals surface area contributed by atoms with Gasteiger partial charge in [-0.1, -0.05) is 110 Å². The van der Waals surface area contributed by atoms with Crippen molar-refractivity contribution < 1.29 is 39.8 Å². The molecule has 39 heavy (non-hydrogen) atoms. The molecule has 0 aromatic rings. The fourth-order valence-corrected chi connectivity index (χ4v) is 5.04. The van der Waals surface area contributed by atoms with E-state index < -0.39 is 49.5 Å². The van der Waals surface area contributed by atoms with Crippen molar-refractivity contribution >= 4 is 5.91 Å². The Morgan fingerprint density at radius 1 is 0.769 bits per heavy atom. The molecule has 7 atom stereocenters. The first-order valence-electron chi connectivity index (χ1n) is 15.7. The monoisotopic (exact) mass is 561 g/mol. The molecule has 0 bridgehead atoms. The molecular weight excluding hydrogens is 502 g/mol. The van der Waals surface area contributed by atoms with Gasteiger partial charge in [-0.2, -0.15) is 0 Å². The minimum absolute atomic E-state index is 0.135. The van der Waals surface area contributed by atoms with Crippen molar-refractivity contribution in [1.82, 2.24) is 5.32 Å². The average Bonchev–Trinajstić information content (AvgIpc) is 2.93. The third kappa shape index (κ3) is 15.7. The van der Waals surface area contributed by atoms with Gasteiger partial charge in [0, 0.05) is 6.42 Å². The first-order valence-corrected chi connectivity index (χ1v) is 15.7. The van der Waals surface area contributed by atoms with Crippen LogP contribution in [0.5, 0.6) is 0 Å². The lowest BCUT2D eigenvalue weighted by Gasteiger charge is -2.40. The van der Waals surface area contributed by atoms with E-state index >= 15 is 0 Å². The molecule has 1 amide bonds. The number of unbranched alkanes of at least 4 members (excludes halogenated alkanes) is 14. The smallest absolute Gasteiger partial charge is 0.220 e. The van der Waals surface area contributed by atoms with E-state index in [1.54, 1.807) is 0 Å². The summed E-state index contributed by atoms with van der Waals surface area (Å²) in [6.45, 7) is 3.71. The number of amides is 1. The van der Waals surface area contributed by atoms with Crippen molar-refractivity contribution in [2.45, 2.75) is 172 Å². The predicted molar refractivity (Wildman–Crippen MR) is 152 cm³/mol. The largest absolute Gasteiger partial charge is 0.394 e. The summed E-state index contributed by atoms with van der Waals surface area (Å²) in [4.78, 5) is 12.7. The van der Waals surface area contributed by atoms with Crippen molar-refractivity contribution in [3.05, 3.63) is 0 Å². The Morgan fingerprint density at radius 3 is 1.82 bits per heavy atom. The highest BCUT2D eigenvalue weighted by Gasteiger charge is 2.44. The van der Waals surface area contributed by atoms with Crippen LogP contribution in [0.15, 0.2) is 0 Å². The Balaban J connectivity index is 2.50. The number of hydrogen-bond donors (Lipinski definition) is 6. The molecular formula is C30H59NO8. The first kappa shape index (κ1) is 36.2. The molecule has 1 aliphatic rings. The summed E-state index contributed by atoms with van der Waals surface area (Å²) in [5.41, 5.74) is 0. The van der Waals surface area contributed by atoms with Crippen molar-refractivity contribution in [1.29, 1.82) is 0 Å². The number of nitrogens with one attached hydrogen (secondary N) is 1. The molecule has 0 aromatic heterocycles. The van der Waals surface area contributed by atoms with Gasteiger partial charge in [0.1, 0.15) is 24.4 Å². The number of hydrogen-bond acceptors (Lipinski definition) is 8. The highest BCUT2D eigenvalue weighted by atomic mass is 16.7. The normalized spacial score (nSPS) is 24.9. The van der Waals surface area contributed by atoms with E-state index in [0.29, 0.717) is 12.8 Å². The lowest BCUT2D eigenvalue weighted by molar-refractivity contribution is -0.302. The number of carbonyl (C=O) groups is 1. The Bertz CT molecular complexity index is 593. The number of rotatable bonds is 24. The molecule has 1 fully saturated rings. The van der Waals surface area contributed by atoms with Gasteiger partial charge in [0.25, 0.3) is 0 Å². The van der Waals surface area contributed by atoms with E-state index in [1.165, 1.54) is 64.2 Å². The van der Waals surface area contributed by atoms with Gasteiger partial charge in [0.05, 0.1) is 25.4 Å². The molecule has 0 spiro atoms. The van der Waals surface area contributed by atoms with Crippen LogP contribution in [0.2, 0.25) is 0 Å². The quantitative estimate of drug-likeness (QED) is 0.0977. The van der Waals surface area contributed by atoms with Gasteiger partial charge < -0.3 is 40.3 Å². The summed E-state index contributed by atoms with van der Waals surface area (Å²) >= 11 is 0. The van der Waals surface area contributed by atoms with Gasteiger partial charge in [0.15, 0.2) is 6.29 Å². The van der Waals surface area contributed by atoms with E-state index in [9.17, 15) is 30.3 Å². The molecule has 6 N–H and O–H groups in total. The first-order chi connectivity index (χ1) is 18.8. The second-order valence-electron chi connectivity index (χ2n) is 11.3. The maximum Gasteiger partial charge on any atom is 0.220 e. The van der Waals surface area contributed by atoms with Crippen LogP contribution in [0.3, 0.4) is 0 Å². The van der Waals surface area contributed by atoms with Crippen molar-refractivity contribution in [3.8, 4) is 0 Å². The topological polar surface area (TPSA) is 149 Å². The van der Waals surface area contributed by atoms with Gasteiger partial charge in [-0.3, -0.25) is 4.79 Å². The molecule has 1 rings (SSSR count). The van der Waals surface area contributed by atoms with Gasteiger partial charge in [0.2, 0.25) is 5.91 Å². The fourth-order valence-electron chi connectivity index (χ4n) is 5.04. The molecule has 0 aromatic carbocycles. The molecule has 0 aliphatic carbocycles. The summed E-state index contributed by atoms with van der Waals surface area (Å²) in [7, 11) is 0. The van der Waals surface area contributed by atoms with Crippen molar-refractivity contribution in [2.75, 3.05) is 13.2 Å². The van der Waals surface area contributed by atoms with E-state index in [-0.39, 0.29) is 12.5 Å².